The van der Waals surface area contributed by atoms with E-state index < -0.39 is 24.5 Å². The highest BCUT2D eigenvalue weighted by molar-refractivity contribution is 6.06. The van der Waals surface area contributed by atoms with Crippen LogP contribution in [0.3, 0.4) is 0 Å². The third kappa shape index (κ3) is 4.40. The second kappa shape index (κ2) is 8.95. The largest absolute Gasteiger partial charge is 0.462 e. The van der Waals surface area contributed by atoms with Crippen molar-refractivity contribution in [2.45, 2.75) is 26.2 Å². The molecule has 0 bridgehead atoms. The third-order valence-electron chi connectivity index (χ3n) is 5.14. The molecule has 2 aromatic carbocycles. The summed E-state index contributed by atoms with van der Waals surface area (Å²) in [5, 5.41) is 3.39. The van der Waals surface area contributed by atoms with Gasteiger partial charge in [-0.05, 0) is 62.1 Å². The molecule has 1 aliphatic rings. The van der Waals surface area contributed by atoms with E-state index in [0.717, 1.165) is 41.4 Å². The standard InChI is InChI=1S/C24H22N2O5/c1-2-30-23(28)15-10-12-16(13-11-15)25-21(27)14-31-24(29)22-17-6-3-4-8-19(17)26-20-9-5-7-18(20)22/h3-4,6,8,10-13H,2,5,7,9,14H2,1H3,(H,25,27). The molecule has 0 atom stereocenters. The highest BCUT2D eigenvalue weighted by atomic mass is 16.5. The van der Waals surface area contributed by atoms with Crippen molar-refractivity contribution in [1.82, 2.24) is 4.98 Å². The van der Waals surface area contributed by atoms with E-state index >= 15 is 0 Å². The van der Waals surface area contributed by atoms with Crippen LogP contribution in [0, 0.1) is 0 Å². The number of rotatable bonds is 6. The van der Waals surface area contributed by atoms with Crippen molar-refractivity contribution in [3.05, 3.63) is 70.9 Å². The van der Waals surface area contributed by atoms with Crippen LogP contribution in [0.2, 0.25) is 0 Å². The molecule has 1 amide bonds. The van der Waals surface area contributed by atoms with Gasteiger partial charge in [-0.2, -0.15) is 0 Å². The molecule has 0 aliphatic heterocycles. The van der Waals surface area contributed by atoms with Crippen LogP contribution in [0.4, 0.5) is 5.69 Å². The van der Waals surface area contributed by atoms with E-state index in [1.807, 2.05) is 24.3 Å². The molecular weight excluding hydrogens is 396 g/mol. The Morgan fingerprint density at radius 3 is 2.52 bits per heavy atom. The monoisotopic (exact) mass is 418 g/mol. The molecule has 31 heavy (non-hydrogen) atoms. The molecule has 4 rings (SSSR count). The zero-order valence-corrected chi connectivity index (χ0v) is 17.1. The smallest absolute Gasteiger partial charge is 0.339 e. The van der Waals surface area contributed by atoms with Crippen LogP contribution in [0.5, 0.6) is 0 Å². The molecule has 158 valence electrons. The van der Waals surface area contributed by atoms with Gasteiger partial charge in [-0.25, -0.2) is 9.59 Å². The number of nitrogens with zero attached hydrogens (tertiary/aromatic N) is 1. The summed E-state index contributed by atoms with van der Waals surface area (Å²) in [5.74, 6) is -1.41. The number of hydrogen-bond donors (Lipinski definition) is 1. The topological polar surface area (TPSA) is 94.6 Å². The molecule has 1 heterocycles. The third-order valence-corrected chi connectivity index (χ3v) is 5.14. The van der Waals surface area contributed by atoms with E-state index in [-0.39, 0.29) is 0 Å². The van der Waals surface area contributed by atoms with Crippen molar-refractivity contribution < 1.29 is 23.9 Å². The van der Waals surface area contributed by atoms with Gasteiger partial charge < -0.3 is 14.8 Å². The lowest BCUT2D eigenvalue weighted by Crippen LogP contribution is -2.21. The normalized spacial score (nSPS) is 12.3. The van der Waals surface area contributed by atoms with Crippen molar-refractivity contribution >= 4 is 34.4 Å². The van der Waals surface area contributed by atoms with Gasteiger partial charge in [0.05, 0.1) is 23.3 Å². The van der Waals surface area contributed by atoms with Gasteiger partial charge in [0.2, 0.25) is 0 Å². The fraction of sp³-hybridized carbons (Fsp3) is 0.250. The first-order valence-corrected chi connectivity index (χ1v) is 10.2. The number of carbonyl (C=O) groups is 3. The lowest BCUT2D eigenvalue weighted by atomic mass is 10.0. The maximum atomic E-state index is 12.9. The summed E-state index contributed by atoms with van der Waals surface area (Å²) in [6, 6.07) is 13.8. The van der Waals surface area contributed by atoms with Crippen LogP contribution < -0.4 is 5.32 Å². The minimum Gasteiger partial charge on any atom is -0.462 e. The van der Waals surface area contributed by atoms with Crippen molar-refractivity contribution in [3.63, 3.8) is 0 Å². The van der Waals surface area contributed by atoms with Gasteiger partial charge >= 0.3 is 11.9 Å². The minimum absolute atomic E-state index is 0.290. The maximum absolute atomic E-state index is 12.9. The van der Waals surface area contributed by atoms with Gasteiger partial charge in [0.1, 0.15) is 0 Å². The summed E-state index contributed by atoms with van der Waals surface area (Å²) < 4.78 is 10.3. The van der Waals surface area contributed by atoms with Gasteiger partial charge in [0.25, 0.3) is 5.91 Å². The Labute approximate surface area is 179 Å². The first-order chi connectivity index (χ1) is 15.1. The summed E-state index contributed by atoms with van der Waals surface area (Å²) in [7, 11) is 0. The van der Waals surface area contributed by atoms with E-state index in [9.17, 15) is 14.4 Å². The van der Waals surface area contributed by atoms with Crippen LogP contribution in [0.15, 0.2) is 48.5 Å². The number of fused-ring (bicyclic) bond motifs is 2. The number of pyridine rings is 1. The van der Waals surface area contributed by atoms with Crippen molar-refractivity contribution in [3.8, 4) is 0 Å². The number of benzene rings is 2. The molecule has 0 unspecified atom stereocenters. The first kappa shape index (κ1) is 20.5. The van der Waals surface area contributed by atoms with E-state index in [1.165, 1.54) is 0 Å². The molecule has 0 fully saturated rings. The van der Waals surface area contributed by atoms with Crippen LogP contribution in [-0.4, -0.2) is 36.0 Å². The fourth-order valence-electron chi connectivity index (χ4n) is 3.75. The van der Waals surface area contributed by atoms with E-state index in [1.54, 1.807) is 31.2 Å². The molecule has 1 N–H and O–H groups in total. The summed E-state index contributed by atoms with van der Waals surface area (Å²) in [5.41, 5.74) is 3.98. The minimum atomic E-state index is -0.524. The van der Waals surface area contributed by atoms with Crippen LogP contribution in [-0.2, 0) is 27.1 Å². The number of anilines is 1. The molecule has 0 saturated carbocycles. The fourth-order valence-corrected chi connectivity index (χ4v) is 3.75. The van der Waals surface area contributed by atoms with Gasteiger partial charge in [-0.15, -0.1) is 0 Å². The summed E-state index contributed by atoms with van der Waals surface area (Å²) in [4.78, 5) is 41.5. The molecule has 0 spiro atoms. The molecule has 1 aromatic heterocycles. The van der Waals surface area contributed by atoms with Gasteiger partial charge in [-0.3, -0.25) is 9.78 Å². The number of aryl methyl sites for hydroxylation is 1. The van der Waals surface area contributed by atoms with Crippen LogP contribution in [0.25, 0.3) is 10.9 Å². The Hall–Kier alpha value is -3.74. The molecule has 0 saturated heterocycles. The number of hydrogen-bond acceptors (Lipinski definition) is 6. The molecule has 7 heteroatoms. The lowest BCUT2D eigenvalue weighted by Gasteiger charge is -2.12. The first-order valence-electron chi connectivity index (χ1n) is 10.2. The van der Waals surface area contributed by atoms with Gasteiger partial charge in [0.15, 0.2) is 6.61 Å². The predicted octanol–water partition coefficient (Wildman–Crippen LogP) is 3.70. The number of nitrogens with one attached hydrogen (secondary N) is 1. The second-order valence-corrected chi connectivity index (χ2v) is 7.20. The Bertz CT molecular complexity index is 1150. The SMILES string of the molecule is CCOC(=O)c1ccc(NC(=O)COC(=O)c2c3c(nc4ccccc24)CCC3)cc1. The molecule has 7 nitrogen and oxygen atoms in total. The van der Waals surface area contributed by atoms with E-state index in [4.69, 9.17) is 9.47 Å². The average molecular weight is 418 g/mol. The van der Waals surface area contributed by atoms with Crippen molar-refractivity contribution in [2.24, 2.45) is 0 Å². The van der Waals surface area contributed by atoms with Crippen LogP contribution in [0.1, 0.15) is 45.3 Å². The summed E-state index contributed by atoms with van der Waals surface area (Å²) in [6.07, 6.45) is 2.56. The van der Waals surface area contributed by atoms with E-state index in [0.29, 0.717) is 23.4 Å². The molecule has 3 aromatic rings. The average Bonchev–Trinajstić information content (AvgIpc) is 3.24. The van der Waals surface area contributed by atoms with Crippen LogP contribution >= 0.6 is 0 Å². The van der Waals surface area contributed by atoms with E-state index in [2.05, 4.69) is 10.3 Å². The Balaban J connectivity index is 1.43. The number of aromatic nitrogens is 1. The predicted molar refractivity (Wildman–Crippen MR) is 115 cm³/mol. The van der Waals surface area contributed by atoms with Crippen molar-refractivity contribution in [2.75, 3.05) is 18.5 Å². The highest BCUT2D eigenvalue weighted by Crippen LogP contribution is 2.30. The highest BCUT2D eigenvalue weighted by Gasteiger charge is 2.25. The Morgan fingerprint density at radius 1 is 0.968 bits per heavy atom. The maximum Gasteiger partial charge on any atom is 0.339 e. The number of esters is 2. The van der Waals surface area contributed by atoms with Gasteiger partial charge in [-0.1, -0.05) is 18.2 Å². The molecule has 0 radical (unpaired) electrons. The zero-order valence-electron chi connectivity index (χ0n) is 17.1. The van der Waals surface area contributed by atoms with Gasteiger partial charge in [0, 0.05) is 16.8 Å². The second-order valence-electron chi connectivity index (χ2n) is 7.20. The lowest BCUT2D eigenvalue weighted by molar-refractivity contribution is -0.119. The Morgan fingerprint density at radius 2 is 1.74 bits per heavy atom. The Kier molecular flexibility index (Phi) is 5.93. The molecule has 1 aliphatic carbocycles. The zero-order chi connectivity index (χ0) is 21.8. The number of amides is 1. The number of ether oxygens (including phenoxy) is 2. The summed E-state index contributed by atoms with van der Waals surface area (Å²) >= 11 is 0. The quantitative estimate of drug-likeness (QED) is 0.614. The number of para-hydroxylation sites is 1. The van der Waals surface area contributed by atoms with Crippen molar-refractivity contribution in [1.29, 1.82) is 0 Å². The summed E-state index contributed by atoms with van der Waals surface area (Å²) in [6.45, 7) is 1.61. The number of carbonyl (C=O) groups excluding carboxylic acids is 3. The molecular formula is C24H22N2O5.